The second kappa shape index (κ2) is 9.94. The van der Waals surface area contributed by atoms with Crippen molar-refractivity contribution >= 4 is 0 Å². The van der Waals surface area contributed by atoms with E-state index in [1.165, 1.54) is 0 Å². The number of rotatable bonds is 11. The zero-order chi connectivity index (χ0) is 14.8. The Bertz CT molecular complexity index is 345. The Morgan fingerprint density at radius 3 is 2.65 bits per heavy atom. The first-order valence-corrected chi connectivity index (χ1v) is 7.99. The highest BCUT2D eigenvalue weighted by atomic mass is 16.5. The molecule has 0 bridgehead atoms. The summed E-state index contributed by atoms with van der Waals surface area (Å²) in [5, 5.41) is 8.00. The molecule has 0 aliphatic heterocycles. The van der Waals surface area contributed by atoms with Crippen LogP contribution in [0.4, 0.5) is 0 Å². The van der Waals surface area contributed by atoms with Crippen LogP contribution in [0.15, 0.2) is 12.3 Å². The molecule has 4 nitrogen and oxygen atoms in total. The summed E-state index contributed by atoms with van der Waals surface area (Å²) in [5.41, 5.74) is 1.11. The van der Waals surface area contributed by atoms with Gasteiger partial charge in [0.15, 0.2) is 0 Å². The van der Waals surface area contributed by atoms with Crippen molar-refractivity contribution in [2.45, 2.75) is 59.5 Å². The molecule has 0 radical (unpaired) electrons. The number of aromatic nitrogens is 2. The second-order valence-corrected chi connectivity index (χ2v) is 5.73. The summed E-state index contributed by atoms with van der Waals surface area (Å²) in [4.78, 5) is 0. The van der Waals surface area contributed by atoms with Crippen LogP contribution in [-0.2, 0) is 11.3 Å². The molecule has 1 aromatic rings. The van der Waals surface area contributed by atoms with Gasteiger partial charge in [-0.25, -0.2) is 0 Å². The Balaban J connectivity index is 2.13. The number of hydrogen-bond donors (Lipinski definition) is 1. The summed E-state index contributed by atoms with van der Waals surface area (Å²) in [6, 6.07) is 2.63. The third-order valence-corrected chi connectivity index (χ3v) is 3.55. The fourth-order valence-corrected chi connectivity index (χ4v) is 2.12. The molecule has 116 valence electrons. The van der Waals surface area contributed by atoms with Gasteiger partial charge in [-0.3, -0.25) is 4.68 Å². The predicted molar refractivity (Wildman–Crippen MR) is 83.8 cm³/mol. The molecular formula is C16H31N3O. The average Bonchev–Trinajstić information content (AvgIpc) is 2.87. The van der Waals surface area contributed by atoms with Gasteiger partial charge in [-0.05, 0) is 31.2 Å². The smallest absolute Gasteiger partial charge is 0.0762 e. The van der Waals surface area contributed by atoms with E-state index in [0.29, 0.717) is 6.04 Å². The average molecular weight is 281 g/mol. The molecule has 0 unspecified atom stereocenters. The van der Waals surface area contributed by atoms with E-state index in [9.17, 15) is 0 Å². The van der Waals surface area contributed by atoms with Crippen LogP contribution in [0.25, 0.3) is 0 Å². The lowest BCUT2D eigenvalue weighted by Crippen LogP contribution is -2.20. The van der Waals surface area contributed by atoms with Crippen LogP contribution in [0.1, 0.15) is 58.7 Å². The van der Waals surface area contributed by atoms with Gasteiger partial charge in [0.1, 0.15) is 0 Å². The first-order valence-electron chi connectivity index (χ1n) is 7.99. The molecule has 0 aliphatic carbocycles. The number of ether oxygens (including phenoxy) is 1. The summed E-state index contributed by atoms with van der Waals surface area (Å²) in [7, 11) is 0. The lowest BCUT2D eigenvalue weighted by Gasteiger charge is -2.12. The van der Waals surface area contributed by atoms with Crippen LogP contribution >= 0.6 is 0 Å². The topological polar surface area (TPSA) is 39.1 Å². The van der Waals surface area contributed by atoms with Crippen molar-refractivity contribution < 1.29 is 4.74 Å². The zero-order valence-electron chi connectivity index (χ0n) is 13.6. The lowest BCUT2D eigenvalue weighted by atomic mass is 10.1. The maximum atomic E-state index is 5.57. The molecule has 1 aromatic heterocycles. The molecule has 0 spiro atoms. The van der Waals surface area contributed by atoms with E-state index in [4.69, 9.17) is 4.74 Å². The van der Waals surface area contributed by atoms with Crippen molar-refractivity contribution in [2.75, 3.05) is 19.8 Å². The number of nitrogens with one attached hydrogen (secondary N) is 1. The lowest BCUT2D eigenvalue weighted by molar-refractivity contribution is 0.125. The van der Waals surface area contributed by atoms with Gasteiger partial charge in [-0.1, -0.05) is 27.7 Å². The van der Waals surface area contributed by atoms with Gasteiger partial charge in [0.2, 0.25) is 0 Å². The van der Waals surface area contributed by atoms with E-state index >= 15 is 0 Å². The van der Waals surface area contributed by atoms with Crippen LogP contribution in [0, 0.1) is 5.92 Å². The van der Waals surface area contributed by atoms with E-state index in [0.717, 1.165) is 57.2 Å². The third-order valence-electron chi connectivity index (χ3n) is 3.55. The van der Waals surface area contributed by atoms with Crippen molar-refractivity contribution in [3.63, 3.8) is 0 Å². The van der Waals surface area contributed by atoms with E-state index in [2.05, 4.69) is 55.1 Å². The molecule has 0 atom stereocenters. The fraction of sp³-hybridized carbons (Fsp3) is 0.812. The van der Waals surface area contributed by atoms with Crippen molar-refractivity contribution in [3.05, 3.63) is 18.0 Å². The molecule has 20 heavy (non-hydrogen) atoms. The largest absolute Gasteiger partial charge is 0.380 e. The number of hydrogen-bond acceptors (Lipinski definition) is 3. The molecule has 0 aromatic carbocycles. The Morgan fingerprint density at radius 2 is 2.00 bits per heavy atom. The monoisotopic (exact) mass is 281 g/mol. The van der Waals surface area contributed by atoms with Crippen LogP contribution < -0.4 is 5.32 Å². The maximum absolute atomic E-state index is 5.57. The Labute approximate surface area is 123 Å². The number of nitrogens with zero attached hydrogens (tertiary/aromatic N) is 2. The van der Waals surface area contributed by atoms with Crippen molar-refractivity contribution in [2.24, 2.45) is 5.92 Å². The molecule has 0 fully saturated rings. The van der Waals surface area contributed by atoms with Crippen LogP contribution in [-0.4, -0.2) is 29.5 Å². The third kappa shape index (κ3) is 6.53. The Hall–Kier alpha value is -0.870. The van der Waals surface area contributed by atoms with Crippen molar-refractivity contribution in [1.29, 1.82) is 0 Å². The van der Waals surface area contributed by atoms with E-state index < -0.39 is 0 Å². The first kappa shape index (κ1) is 17.2. The Kier molecular flexibility index (Phi) is 8.54. The van der Waals surface area contributed by atoms with E-state index in [1.54, 1.807) is 0 Å². The van der Waals surface area contributed by atoms with E-state index in [1.807, 2.05) is 0 Å². The SMILES string of the molecule is CCC(CC)n1ccc(CNCCOCCC(C)C)n1. The predicted octanol–water partition coefficient (Wildman–Crippen LogP) is 3.40. The molecule has 4 heteroatoms. The molecule has 0 saturated heterocycles. The minimum absolute atomic E-state index is 0.531. The first-order chi connectivity index (χ1) is 9.67. The fourth-order valence-electron chi connectivity index (χ4n) is 2.12. The molecule has 0 aliphatic rings. The molecule has 0 saturated carbocycles. The van der Waals surface area contributed by atoms with Crippen LogP contribution in [0.3, 0.4) is 0 Å². The normalized spacial score (nSPS) is 11.7. The molecule has 1 rings (SSSR count). The minimum atomic E-state index is 0.531. The summed E-state index contributed by atoms with van der Waals surface area (Å²) in [6.07, 6.45) is 5.50. The minimum Gasteiger partial charge on any atom is -0.380 e. The standard InChI is InChI=1S/C16H31N3O/c1-5-16(6-2)19-10-7-15(18-19)13-17-9-12-20-11-8-14(3)4/h7,10,14,16-17H,5-6,8-9,11-13H2,1-4H3. The molecule has 1 N–H and O–H groups in total. The quantitative estimate of drug-likeness (QED) is 0.632. The second-order valence-electron chi connectivity index (χ2n) is 5.73. The van der Waals surface area contributed by atoms with Crippen molar-refractivity contribution in [3.8, 4) is 0 Å². The van der Waals surface area contributed by atoms with Gasteiger partial charge < -0.3 is 10.1 Å². The van der Waals surface area contributed by atoms with Gasteiger partial charge in [0.25, 0.3) is 0 Å². The van der Waals surface area contributed by atoms with Crippen LogP contribution in [0.5, 0.6) is 0 Å². The zero-order valence-corrected chi connectivity index (χ0v) is 13.6. The molecule has 1 heterocycles. The summed E-state index contributed by atoms with van der Waals surface area (Å²) in [6.45, 7) is 12.2. The van der Waals surface area contributed by atoms with Gasteiger partial charge in [-0.2, -0.15) is 5.10 Å². The Morgan fingerprint density at radius 1 is 1.25 bits per heavy atom. The van der Waals surface area contributed by atoms with Crippen LogP contribution in [0.2, 0.25) is 0 Å². The maximum Gasteiger partial charge on any atom is 0.0762 e. The highest BCUT2D eigenvalue weighted by molar-refractivity contribution is 4.99. The molecular weight excluding hydrogens is 250 g/mol. The van der Waals surface area contributed by atoms with Gasteiger partial charge in [0.05, 0.1) is 18.3 Å². The summed E-state index contributed by atoms with van der Waals surface area (Å²) in [5.74, 6) is 0.719. The van der Waals surface area contributed by atoms with Gasteiger partial charge in [0, 0.05) is 25.9 Å². The van der Waals surface area contributed by atoms with E-state index in [-0.39, 0.29) is 0 Å². The highest BCUT2D eigenvalue weighted by Gasteiger charge is 2.07. The van der Waals surface area contributed by atoms with Crippen molar-refractivity contribution in [1.82, 2.24) is 15.1 Å². The van der Waals surface area contributed by atoms with Gasteiger partial charge in [-0.15, -0.1) is 0 Å². The molecule has 0 amide bonds. The summed E-state index contributed by atoms with van der Waals surface area (Å²) < 4.78 is 7.67. The summed E-state index contributed by atoms with van der Waals surface area (Å²) >= 11 is 0. The highest BCUT2D eigenvalue weighted by Crippen LogP contribution is 2.14. The van der Waals surface area contributed by atoms with Gasteiger partial charge >= 0.3 is 0 Å².